The lowest BCUT2D eigenvalue weighted by molar-refractivity contribution is 0.112. The summed E-state index contributed by atoms with van der Waals surface area (Å²) in [5, 5.41) is 13.2. The molecule has 0 bridgehead atoms. The van der Waals surface area contributed by atoms with Crippen LogP contribution in [0.15, 0.2) is 0 Å². The van der Waals surface area contributed by atoms with Gasteiger partial charge in [-0.05, 0) is 51.4 Å². The van der Waals surface area contributed by atoms with Gasteiger partial charge in [0.15, 0.2) is 0 Å². The normalized spacial score (nSPS) is 35.6. The molecular formula is C13H25NO. The predicted octanol–water partition coefficient (Wildman–Crippen LogP) is 2.46. The van der Waals surface area contributed by atoms with Crippen LogP contribution in [-0.4, -0.2) is 23.3 Å². The molecule has 0 aromatic carbocycles. The average Bonchev–Trinajstić information content (AvgIpc) is 2.74. The molecule has 0 aromatic rings. The molecule has 2 fully saturated rings. The third-order valence-electron chi connectivity index (χ3n) is 4.30. The van der Waals surface area contributed by atoms with Crippen LogP contribution in [0.4, 0.5) is 0 Å². The van der Waals surface area contributed by atoms with Crippen molar-refractivity contribution in [1.29, 1.82) is 0 Å². The highest BCUT2D eigenvalue weighted by Crippen LogP contribution is 2.28. The molecule has 2 heteroatoms. The summed E-state index contributed by atoms with van der Waals surface area (Å²) >= 11 is 0. The number of aliphatic hydroxyl groups excluding tert-OH is 1. The van der Waals surface area contributed by atoms with Gasteiger partial charge in [0.05, 0.1) is 6.10 Å². The van der Waals surface area contributed by atoms with Gasteiger partial charge in [-0.15, -0.1) is 0 Å². The van der Waals surface area contributed by atoms with E-state index in [-0.39, 0.29) is 6.10 Å². The van der Waals surface area contributed by atoms with Gasteiger partial charge in [-0.3, -0.25) is 0 Å². The van der Waals surface area contributed by atoms with Crippen molar-refractivity contribution in [2.45, 2.75) is 76.5 Å². The highest BCUT2D eigenvalue weighted by atomic mass is 16.3. The highest BCUT2D eigenvalue weighted by molar-refractivity contribution is 4.83. The van der Waals surface area contributed by atoms with Gasteiger partial charge in [0.2, 0.25) is 0 Å². The van der Waals surface area contributed by atoms with Crippen LogP contribution in [0.25, 0.3) is 0 Å². The molecule has 2 N–H and O–H groups in total. The lowest BCUT2D eigenvalue weighted by Gasteiger charge is -2.31. The molecule has 1 atom stereocenters. The predicted molar refractivity (Wildman–Crippen MR) is 62.8 cm³/mol. The molecule has 2 rings (SSSR count). The third kappa shape index (κ3) is 3.18. The first-order valence-electron chi connectivity index (χ1n) is 6.70. The zero-order valence-electron chi connectivity index (χ0n) is 9.91. The Kier molecular flexibility index (Phi) is 4.04. The van der Waals surface area contributed by atoms with Gasteiger partial charge in [-0.25, -0.2) is 0 Å². The zero-order chi connectivity index (χ0) is 10.7. The minimum Gasteiger partial charge on any atom is -0.393 e. The summed E-state index contributed by atoms with van der Waals surface area (Å²) in [4.78, 5) is 0. The number of rotatable bonds is 3. The van der Waals surface area contributed by atoms with Gasteiger partial charge in [0.25, 0.3) is 0 Å². The molecule has 0 aliphatic heterocycles. The molecule has 0 heterocycles. The standard InChI is InChI=1S/C13H25NO/c1-10(11-4-2-3-5-11)14-12-6-8-13(15)9-7-12/h10-15H,2-9H2,1H3/t10-,12?,13?/m1/s1. The summed E-state index contributed by atoms with van der Waals surface area (Å²) in [7, 11) is 0. The summed E-state index contributed by atoms with van der Waals surface area (Å²) in [5.41, 5.74) is 0. The fourth-order valence-electron chi connectivity index (χ4n) is 3.21. The molecule has 0 unspecified atom stereocenters. The van der Waals surface area contributed by atoms with Crippen molar-refractivity contribution in [2.24, 2.45) is 5.92 Å². The van der Waals surface area contributed by atoms with Crippen LogP contribution in [-0.2, 0) is 0 Å². The van der Waals surface area contributed by atoms with Gasteiger partial charge in [-0.2, -0.15) is 0 Å². The van der Waals surface area contributed by atoms with E-state index >= 15 is 0 Å². The smallest absolute Gasteiger partial charge is 0.0541 e. The van der Waals surface area contributed by atoms with Gasteiger partial charge in [-0.1, -0.05) is 12.8 Å². The van der Waals surface area contributed by atoms with Crippen molar-refractivity contribution in [1.82, 2.24) is 5.32 Å². The molecule has 0 radical (unpaired) electrons. The lowest BCUT2D eigenvalue weighted by atomic mass is 9.91. The Bertz CT molecular complexity index is 181. The van der Waals surface area contributed by atoms with Crippen LogP contribution in [0, 0.1) is 5.92 Å². The molecule has 2 saturated carbocycles. The van der Waals surface area contributed by atoms with Crippen LogP contribution >= 0.6 is 0 Å². The molecule has 0 amide bonds. The largest absolute Gasteiger partial charge is 0.393 e. The second-order valence-corrected chi connectivity index (χ2v) is 5.51. The van der Waals surface area contributed by atoms with Gasteiger partial charge < -0.3 is 10.4 Å². The van der Waals surface area contributed by atoms with E-state index in [1.54, 1.807) is 0 Å². The Hall–Kier alpha value is -0.0800. The number of nitrogens with one attached hydrogen (secondary N) is 1. The minimum absolute atomic E-state index is 0.0233. The molecule has 0 saturated heterocycles. The summed E-state index contributed by atoms with van der Waals surface area (Å²) in [6.07, 6.45) is 10.00. The fourth-order valence-corrected chi connectivity index (χ4v) is 3.21. The Morgan fingerprint density at radius 2 is 1.60 bits per heavy atom. The maximum atomic E-state index is 9.44. The average molecular weight is 211 g/mol. The van der Waals surface area contributed by atoms with E-state index in [1.807, 2.05) is 0 Å². The zero-order valence-corrected chi connectivity index (χ0v) is 9.91. The molecule has 2 aliphatic carbocycles. The van der Waals surface area contributed by atoms with Crippen molar-refractivity contribution in [3.05, 3.63) is 0 Å². The Labute approximate surface area is 93.5 Å². The monoisotopic (exact) mass is 211 g/mol. The fraction of sp³-hybridized carbons (Fsp3) is 1.00. The van der Waals surface area contributed by atoms with E-state index in [9.17, 15) is 5.11 Å². The van der Waals surface area contributed by atoms with Crippen molar-refractivity contribution in [3.8, 4) is 0 Å². The van der Waals surface area contributed by atoms with E-state index in [0.29, 0.717) is 12.1 Å². The molecule has 0 aromatic heterocycles. The molecule has 15 heavy (non-hydrogen) atoms. The summed E-state index contributed by atoms with van der Waals surface area (Å²) in [5.74, 6) is 0.914. The number of aliphatic hydroxyl groups is 1. The first-order chi connectivity index (χ1) is 7.25. The van der Waals surface area contributed by atoms with E-state index in [2.05, 4.69) is 12.2 Å². The Morgan fingerprint density at radius 1 is 1.00 bits per heavy atom. The van der Waals surface area contributed by atoms with E-state index < -0.39 is 0 Å². The second kappa shape index (κ2) is 5.31. The maximum Gasteiger partial charge on any atom is 0.0541 e. The third-order valence-corrected chi connectivity index (χ3v) is 4.30. The van der Waals surface area contributed by atoms with Crippen molar-refractivity contribution < 1.29 is 5.11 Å². The van der Waals surface area contributed by atoms with Crippen LogP contribution in [0.2, 0.25) is 0 Å². The SMILES string of the molecule is C[C@@H](NC1CCC(O)CC1)C1CCCC1. The maximum absolute atomic E-state index is 9.44. The molecular weight excluding hydrogens is 186 g/mol. The first-order valence-corrected chi connectivity index (χ1v) is 6.70. The Morgan fingerprint density at radius 3 is 2.20 bits per heavy atom. The second-order valence-electron chi connectivity index (χ2n) is 5.51. The van der Waals surface area contributed by atoms with Crippen LogP contribution in [0.1, 0.15) is 58.3 Å². The minimum atomic E-state index is -0.0233. The van der Waals surface area contributed by atoms with E-state index in [0.717, 1.165) is 31.6 Å². The quantitative estimate of drug-likeness (QED) is 0.751. The summed E-state index contributed by atoms with van der Waals surface area (Å²) in [6, 6.07) is 1.36. The van der Waals surface area contributed by atoms with Crippen molar-refractivity contribution in [2.75, 3.05) is 0 Å². The summed E-state index contributed by atoms with van der Waals surface area (Å²) in [6.45, 7) is 2.35. The topological polar surface area (TPSA) is 32.3 Å². The highest BCUT2D eigenvalue weighted by Gasteiger charge is 2.25. The van der Waals surface area contributed by atoms with Crippen molar-refractivity contribution in [3.63, 3.8) is 0 Å². The number of hydrogen-bond donors (Lipinski definition) is 2. The van der Waals surface area contributed by atoms with Gasteiger partial charge >= 0.3 is 0 Å². The van der Waals surface area contributed by atoms with Crippen LogP contribution < -0.4 is 5.32 Å². The van der Waals surface area contributed by atoms with Crippen LogP contribution in [0.5, 0.6) is 0 Å². The lowest BCUT2D eigenvalue weighted by Crippen LogP contribution is -2.42. The van der Waals surface area contributed by atoms with Gasteiger partial charge in [0, 0.05) is 12.1 Å². The molecule has 2 aliphatic rings. The number of hydrogen-bond acceptors (Lipinski definition) is 2. The summed E-state index contributed by atoms with van der Waals surface area (Å²) < 4.78 is 0. The first kappa shape index (κ1) is 11.4. The Balaban J connectivity index is 1.71. The van der Waals surface area contributed by atoms with Crippen LogP contribution in [0.3, 0.4) is 0 Å². The molecule has 88 valence electrons. The van der Waals surface area contributed by atoms with E-state index in [4.69, 9.17) is 0 Å². The molecule has 2 nitrogen and oxygen atoms in total. The van der Waals surface area contributed by atoms with Crippen molar-refractivity contribution >= 4 is 0 Å². The van der Waals surface area contributed by atoms with Gasteiger partial charge in [0.1, 0.15) is 0 Å². The molecule has 0 spiro atoms. The van der Waals surface area contributed by atoms with E-state index in [1.165, 1.54) is 25.7 Å².